The van der Waals surface area contributed by atoms with E-state index in [4.69, 9.17) is 35.4 Å². The number of hydrogen-bond donors (Lipinski definition) is 1. The molecule has 1 saturated heterocycles. The average molecular weight is 505 g/mol. The summed E-state index contributed by atoms with van der Waals surface area (Å²) in [4.78, 5) is 26.8. The summed E-state index contributed by atoms with van der Waals surface area (Å²) < 4.78 is 39.6. The third kappa shape index (κ3) is 5.06. The van der Waals surface area contributed by atoms with Gasteiger partial charge >= 0.3 is 6.18 Å². The molecule has 1 aliphatic heterocycles. The normalized spacial score (nSPS) is 16.7. The molecule has 2 amide bonds. The third-order valence-electron chi connectivity index (χ3n) is 4.35. The highest BCUT2D eigenvalue weighted by Gasteiger charge is 2.39. The Bertz CT molecular complexity index is 1110. The van der Waals surface area contributed by atoms with Crippen LogP contribution in [0.25, 0.3) is 6.08 Å². The van der Waals surface area contributed by atoms with Crippen LogP contribution in [0.15, 0.2) is 47.4 Å². The Morgan fingerprint density at radius 1 is 1.19 bits per heavy atom. The first-order valence-electron chi connectivity index (χ1n) is 8.69. The molecule has 11 heteroatoms. The molecule has 1 unspecified atom stereocenters. The van der Waals surface area contributed by atoms with Crippen LogP contribution in [-0.4, -0.2) is 27.1 Å². The summed E-state index contributed by atoms with van der Waals surface area (Å²) in [6.45, 7) is 1.38. The van der Waals surface area contributed by atoms with Gasteiger partial charge in [0.2, 0.25) is 5.91 Å². The number of carbonyl (C=O) groups is 2. The van der Waals surface area contributed by atoms with Crippen molar-refractivity contribution in [3.8, 4) is 0 Å². The predicted molar refractivity (Wildman–Crippen MR) is 121 cm³/mol. The standard InChI is InChI=1S/C20H13Cl2F3N2O2S2/c1-10(17(28)26-14-8-3-2-6-12(14)20(23,24)25)27-18(29)15(31-19(27)30)9-11-5-4-7-13(21)16(11)22/h2-10H,1H3,(H,26,28)/b15-9-. The number of halogens is 5. The Kier molecular flexibility index (Phi) is 7.00. The van der Waals surface area contributed by atoms with E-state index in [0.29, 0.717) is 10.6 Å². The summed E-state index contributed by atoms with van der Waals surface area (Å²) in [5.41, 5.74) is -0.902. The SMILES string of the molecule is CC(C(=O)Nc1ccccc1C(F)(F)F)N1C(=O)/C(=C/c2cccc(Cl)c2Cl)SC1=S. The summed E-state index contributed by atoms with van der Waals surface area (Å²) in [5, 5.41) is 2.80. The first-order chi connectivity index (χ1) is 14.5. The number of hydrogen-bond acceptors (Lipinski definition) is 4. The molecule has 31 heavy (non-hydrogen) atoms. The van der Waals surface area contributed by atoms with Crippen LogP contribution in [0.3, 0.4) is 0 Å². The van der Waals surface area contributed by atoms with Gasteiger partial charge in [-0.15, -0.1) is 0 Å². The molecule has 0 radical (unpaired) electrons. The minimum Gasteiger partial charge on any atom is -0.324 e. The van der Waals surface area contributed by atoms with E-state index >= 15 is 0 Å². The topological polar surface area (TPSA) is 49.4 Å². The van der Waals surface area contributed by atoms with Gasteiger partial charge in [-0.2, -0.15) is 13.2 Å². The van der Waals surface area contributed by atoms with Crippen molar-refractivity contribution in [2.45, 2.75) is 19.1 Å². The molecule has 0 aliphatic carbocycles. The van der Waals surface area contributed by atoms with Crippen LogP contribution in [0.5, 0.6) is 0 Å². The highest BCUT2D eigenvalue weighted by molar-refractivity contribution is 8.26. The molecule has 0 aromatic heterocycles. The van der Waals surface area contributed by atoms with Crippen molar-refractivity contribution < 1.29 is 22.8 Å². The second-order valence-electron chi connectivity index (χ2n) is 6.40. The van der Waals surface area contributed by atoms with Gasteiger partial charge in [-0.1, -0.05) is 71.4 Å². The lowest BCUT2D eigenvalue weighted by Crippen LogP contribution is -2.44. The van der Waals surface area contributed by atoms with Crippen LogP contribution in [0.1, 0.15) is 18.1 Å². The van der Waals surface area contributed by atoms with Gasteiger partial charge in [0.25, 0.3) is 5.91 Å². The number of nitrogens with zero attached hydrogens (tertiary/aromatic N) is 1. The van der Waals surface area contributed by atoms with Crippen LogP contribution < -0.4 is 5.32 Å². The number of carbonyl (C=O) groups excluding carboxylic acids is 2. The number of rotatable bonds is 4. The fraction of sp³-hybridized carbons (Fsp3) is 0.150. The molecule has 0 saturated carbocycles. The molecule has 1 N–H and O–H groups in total. The van der Waals surface area contributed by atoms with Crippen LogP contribution in [0.4, 0.5) is 18.9 Å². The third-order valence-corrected chi connectivity index (χ3v) is 6.51. The van der Waals surface area contributed by atoms with E-state index < -0.39 is 35.3 Å². The fourth-order valence-electron chi connectivity index (χ4n) is 2.78. The van der Waals surface area contributed by atoms with Gasteiger partial charge in [-0.25, -0.2) is 0 Å². The Hall–Kier alpha value is -2.07. The van der Waals surface area contributed by atoms with E-state index in [1.165, 1.54) is 25.1 Å². The zero-order chi connectivity index (χ0) is 22.9. The van der Waals surface area contributed by atoms with Crippen LogP contribution in [-0.2, 0) is 15.8 Å². The molecule has 1 fully saturated rings. The van der Waals surface area contributed by atoms with E-state index in [-0.39, 0.29) is 14.2 Å². The quantitative estimate of drug-likeness (QED) is 0.395. The van der Waals surface area contributed by atoms with Gasteiger partial charge in [0.1, 0.15) is 10.4 Å². The fourth-order valence-corrected chi connectivity index (χ4v) is 4.55. The molecule has 1 aliphatic rings. The maximum Gasteiger partial charge on any atom is 0.418 e. The maximum absolute atomic E-state index is 13.2. The molecular weight excluding hydrogens is 492 g/mol. The van der Waals surface area contributed by atoms with E-state index in [9.17, 15) is 22.8 Å². The smallest absolute Gasteiger partial charge is 0.324 e. The van der Waals surface area contributed by atoms with Crippen molar-refractivity contribution in [2.75, 3.05) is 5.32 Å². The summed E-state index contributed by atoms with van der Waals surface area (Å²) in [6.07, 6.45) is -3.15. The van der Waals surface area contributed by atoms with Crippen molar-refractivity contribution in [2.24, 2.45) is 0 Å². The minimum atomic E-state index is -4.64. The number of thioether (sulfide) groups is 1. The van der Waals surface area contributed by atoms with Crippen molar-refractivity contribution in [3.63, 3.8) is 0 Å². The molecule has 4 nitrogen and oxygen atoms in total. The highest BCUT2D eigenvalue weighted by Crippen LogP contribution is 2.37. The summed E-state index contributed by atoms with van der Waals surface area (Å²) >= 11 is 18.3. The van der Waals surface area contributed by atoms with Crippen molar-refractivity contribution in [3.05, 3.63) is 68.5 Å². The lowest BCUT2D eigenvalue weighted by atomic mass is 10.1. The molecule has 0 bridgehead atoms. The van der Waals surface area contributed by atoms with Crippen LogP contribution in [0, 0.1) is 0 Å². The number of nitrogens with one attached hydrogen (secondary N) is 1. The van der Waals surface area contributed by atoms with Gasteiger partial charge < -0.3 is 5.32 Å². The Labute approximate surface area is 195 Å². The monoisotopic (exact) mass is 504 g/mol. The van der Waals surface area contributed by atoms with Crippen molar-refractivity contribution in [1.82, 2.24) is 4.90 Å². The number of benzene rings is 2. The maximum atomic E-state index is 13.2. The van der Waals surface area contributed by atoms with Crippen LogP contribution >= 0.6 is 47.2 Å². The predicted octanol–water partition coefficient (Wildman–Crippen LogP) is 6.24. The Balaban J connectivity index is 1.83. The van der Waals surface area contributed by atoms with Crippen LogP contribution in [0.2, 0.25) is 10.0 Å². The van der Waals surface area contributed by atoms with E-state index in [2.05, 4.69) is 5.32 Å². The summed E-state index contributed by atoms with van der Waals surface area (Å²) in [6, 6.07) is 8.35. The van der Waals surface area contributed by atoms with Crippen molar-refractivity contribution >= 4 is 75.1 Å². The Morgan fingerprint density at radius 3 is 2.55 bits per heavy atom. The lowest BCUT2D eigenvalue weighted by molar-refractivity contribution is -0.137. The zero-order valence-corrected chi connectivity index (χ0v) is 18.8. The van der Waals surface area contributed by atoms with Crippen molar-refractivity contribution in [1.29, 1.82) is 0 Å². The summed E-state index contributed by atoms with van der Waals surface area (Å²) in [5.74, 6) is -1.37. The number of para-hydroxylation sites is 1. The number of thiocarbonyl (C=S) groups is 1. The molecular formula is C20H13Cl2F3N2O2S2. The lowest BCUT2D eigenvalue weighted by Gasteiger charge is -2.23. The zero-order valence-electron chi connectivity index (χ0n) is 15.7. The van der Waals surface area contributed by atoms with E-state index in [1.54, 1.807) is 18.2 Å². The number of anilines is 1. The second kappa shape index (κ2) is 9.20. The van der Waals surface area contributed by atoms with Gasteiger partial charge in [0.05, 0.1) is 26.2 Å². The molecule has 1 atom stereocenters. The van der Waals surface area contributed by atoms with E-state index in [0.717, 1.165) is 28.8 Å². The highest BCUT2D eigenvalue weighted by atomic mass is 35.5. The van der Waals surface area contributed by atoms with Gasteiger partial charge in [-0.3, -0.25) is 14.5 Å². The Morgan fingerprint density at radius 2 is 1.87 bits per heavy atom. The average Bonchev–Trinajstić information content (AvgIpc) is 2.97. The van der Waals surface area contributed by atoms with Gasteiger partial charge in [0.15, 0.2) is 0 Å². The molecule has 2 aromatic carbocycles. The first-order valence-corrected chi connectivity index (χ1v) is 10.7. The first kappa shape index (κ1) is 23.6. The summed E-state index contributed by atoms with van der Waals surface area (Å²) in [7, 11) is 0. The minimum absolute atomic E-state index is 0.0983. The largest absolute Gasteiger partial charge is 0.418 e. The molecule has 1 heterocycles. The van der Waals surface area contributed by atoms with Gasteiger partial charge in [0, 0.05) is 0 Å². The van der Waals surface area contributed by atoms with Gasteiger partial charge in [-0.05, 0) is 36.8 Å². The number of alkyl halides is 3. The number of amides is 2. The molecule has 2 aromatic rings. The molecule has 0 spiro atoms. The molecule has 162 valence electrons. The van der Waals surface area contributed by atoms with E-state index in [1.807, 2.05) is 0 Å². The molecule has 3 rings (SSSR count). The second-order valence-corrected chi connectivity index (χ2v) is 8.86.